The molecule has 1 amide bonds. The quantitative estimate of drug-likeness (QED) is 0.752. The Morgan fingerprint density at radius 3 is 2.89 bits per heavy atom. The monoisotopic (exact) mass is 315 g/mol. The molecule has 0 radical (unpaired) electrons. The summed E-state index contributed by atoms with van der Waals surface area (Å²) in [7, 11) is 1.61. The van der Waals surface area contributed by atoms with E-state index >= 15 is 0 Å². The van der Waals surface area contributed by atoms with Gasteiger partial charge >= 0.3 is 0 Å². The van der Waals surface area contributed by atoms with Crippen molar-refractivity contribution in [2.24, 2.45) is 0 Å². The van der Waals surface area contributed by atoms with Gasteiger partial charge in [-0.05, 0) is 35.0 Å². The fourth-order valence-corrected chi connectivity index (χ4v) is 1.55. The molecule has 0 saturated heterocycles. The van der Waals surface area contributed by atoms with Crippen LogP contribution in [0.3, 0.4) is 0 Å². The highest BCUT2D eigenvalue weighted by atomic mass is 79.9. The molecule has 1 rings (SSSR count). The third kappa shape index (κ3) is 5.46. The third-order valence-corrected chi connectivity index (χ3v) is 3.15. The van der Waals surface area contributed by atoms with E-state index in [0.717, 1.165) is 16.0 Å². The number of halogens is 1. The first-order valence-corrected chi connectivity index (χ1v) is 6.55. The van der Waals surface area contributed by atoms with E-state index in [1.807, 2.05) is 19.1 Å². The second kappa shape index (κ2) is 8.05. The number of carbonyl (C=O) groups is 1. The van der Waals surface area contributed by atoms with Crippen molar-refractivity contribution in [1.82, 2.24) is 10.3 Å². The number of pyridine rings is 1. The van der Waals surface area contributed by atoms with Crippen LogP contribution in [0.15, 0.2) is 16.6 Å². The molecule has 0 spiro atoms. The van der Waals surface area contributed by atoms with E-state index < -0.39 is 0 Å². The van der Waals surface area contributed by atoms with Gasteiger partial charge in [-0.15, -0.1) is 0 Å². The smallest absolute Gasteiger partial charge is 0.221 e. The first-order chi connectivity index (χ1) is 8.63. The number of ether oxygens (including phenoxy) is 1. The highest BCUT2D eigenvalue weighted by Gasteiger charge is 2.02. The van der Waals surface area contributed by atoms with Crippen molar-refractivity contribution < 1.29 is 9.53 Å². The number of nitrogens with one attached hydrogen (secondary N) is 2. The molecule has 1 aromatic rings. The summed E-state index contributed by atoms with van der Waals surface area (Å²) in [5, 5.41) is 5.87. The molecule has 0 bridgehead atoms. The van der Waals surface area contributed by atoms with Crippen molar-refractivity contribution in [3.63, 3.8) is 0 Å². The Morgan fingerprint density at radius 2 is 2.22 bits per heavy atom. The van der Waals surface area contributed by atoms with E-state index in [9.17, 15) is 4.79 Å². The average Bonchev–Trinajstić information content (AvgIpc) is 2.34. The van der Waals surface area contributed by atoms with Crippen LogP contribution in [0.1, 0.15) is 12.1 Å². The maximum absolute atomic E-state index is 11.4. The van der Waals surface area contributed by atoms with Crippen molar-refractivity contribution in [2.75, 3.05) is 32.1 Å². The van der Waals surface area contributed by atoms with Crippen molar-refractivity contribution in [3.8, 4) is 0 Å². The van der Waals surface area contributed by atoms with E-state index in [4.69, 9.17) is 4.74 Å². The van der Waals surface area contributed by atoms with E-state index in [1.165, 1.54) is 0 Å². The Labute approximate surface area is 115 Å². The number of methoxy groups -OCH3 is 1. The van der Waals surface area contributed by atoms with Crippen LogP contribution in [0.4, 0.5) is 5.82 Å². The standard InChI is InChI=1S/C12H18BrN3O2/c1-9-10(13)3-4-11(16-9)14-6-5-12(17)15-7-8-18-2/h3-4H,5-8H2,1-2H3,(H,14,16)(H,15,17). The lowest BCUT2D eigenvalue weighted by atomic mass is 10.3. The van der Waals surface area contributed by atoms with Gasteiger partial charge in [0.05, 0.1) is 12.3 Å². The maximum Gasteiger partial charge on any atom is 0.221 e. The molecule has 0 fully saturated rings. The summed E-state index contributed by atoms with van der Waals surface area (Å²) in [6.07, 6.45) is 0.417. The molecule has 0 atom stereocenters. The molecule has 0 saturated carbocycles. The number of amides is 1. The SMILES string of the molecule is COCCNC(=O)CCNc1ccc(Br)c(C)n1. The maximum atomic E-state index is 11.4. The van der Waals surface area contributed by atoms with E-state index in [-0.39, 0.29) is 5.91 Å². The number of nitrogens with zero attached hydrogens (tertiary/aromatic N) is 1. The second-order valence-electron chi connectivity index (χ2n) is 3.78. The minimum absolute atomic E-state index is 0.00776. The number of aromatic nitrogens is 1. The predicted molar refractivity (Wildman–Crippen MR) is 74.7 cm³/mol. The highest BCUT2D eigenvalue weighted by Crippen LogP contribution is 2.15. The number of hydrogen-bond donors (Lipinski definition) is 2. The highest BCUT2D eigenvalue weighted by molar-refractivity contribution is 9.10. The van der Waals surface area contributed by atoms with Crippen LogP contribution < -0.4 is 10.6 Å². The summed E-state index contributed by atoms with van der Waals surface area (Å²) in [5.74, 6) is 0.786. The molecule has 2 N–H and O–H groups in total. The van der Waals surface area contributed by atoms with Gasteiger partial charge in [0.15, 0.2) is 0 Å². The average molecular weight is 316 g/mol. The van der Waals surface area contributed by atoms with E-state index in [1.54, 1.807) is 7.11 Å². The molecule has 0 aromatic carbocycles. The minimum Gasteiger partial charge on any atom is -0.383 e. The van der Waals surface area contributed by atoms with Gasteiger partial charge in [0.1, 0.15) is 5.82 Å². The largest absolute Gasteiger partial charge is 0.383 e. The summed E-state index contributed by atoms with van der Waals surface area (Å²) in [6.45, 7) is 3.57. The Balaban J connectivity index is 2.24. The molecule has 0 aliphatic heterocycles. The van der Waals surface area contributed by atoms with Gasteiger partial charge in [-0.25, -0.2) is 4.98 Å². The van der Waals surface area contributed by atoms with Crippen molar-refractivity contribution in [1.29, 1.82) is 0 Å². The van der Waals surface area contributed by atoms with Gasteiger partial charge in [-0.3, -0.25) is 4.79 Å². The molecule has 0 unspecified atom stereocenters. The van der Waals surface area contributed by atoms with Crippen molar-refractivity contribution in [3.05, 3.63) is 22.3 Å². The Bertz CT molecular complexity index is 399. The molecule has 100 valence electrons. The van der Waals surface area contributed by atoms with E-state index in [2.05, 4.69) is 31.5 Å². The van der Waals surface area contributed by atoms with Gasteiger partial charge in [-0.2, -0.15) is 0 Å². The molecular formula is C12H18BrN3O2. The fourth-order valence-electron chi connectivity index (χ4n) is 1.33. The molecule has 6 heteroatoms. The zero-order chi connectivity index (χ0) is 13.4. The topological polar surface area (TPSA) is 63.2 Å². The number of hydrogen-bond acceptors (Lipinski definition) is 4. The molecule has 18 heavy (non-hydrogen) atoms. The molecule has 0 aliphatic rings. The molecule has 0 aliphatic carbocycles. The fraction of sp³-hybridized carbons (Fsp3) is 0.500. The summed E-state index contributed by atoms with van der Waals surface area (Å²) in [6, 6.07) is 3.81. The zero-order valence-electron chi connectivity index (χ0n) is 10.6. The van der Waals surface area contributed by atoms with Crippen LogP contribution in [0, 0.1) is 6.92 Å². The third-order valence-electron chi connectivity index (χ3n) is 2.31. The van der Waals surface area contributed by atoms with E-state index in [0.29, 0.717) is 26.1 Å². The lowest BCUT2D eigenvalue weighted by Gasteiger charge is -2.07. The van der Waals surface area contributed by atoms with Gasteiger partial charge < -0.3 is 15.4 Å². The molecule has 5 nitrogen and oxygen atoms in total. The molecular weight excluding hydrogens is 298 g/mol. The zero-order valence-corrected chi connectivity index (χ0v) is 12.2. The summed E-state index contributed by atoms with van der Waals surface area (Å²) in [4.78, 5) is 15.7. The first kappa shape index (κ1) is 14.9. The summed E-state index contributed by atoms with van der Waals surface area (Å²) < 4.78 is 5.82. The number of aryl methyl sites for hydroxylation is 1. The van der Waals surface area contributed by atoms with Crippen molar-refractivity contribution in [2.45, 2.75) is 13.3 Å². The second-order valence-corrected chi connectivity index (χ2v) is 4.64. The Kier molecular flexibility index (Phi) is 6.67. The van der Waals surface area contributed by atoms with Crippen LogP contribution in [-0.4, -0.2) is 37.7 Å². The Morgan fingerprint density at radius 1 is 1.44 bits per heavy atom. The van der Waals surface area contributed by atoms with Gasteiger partial charge in [0.2, 0.25) is 5.91 Å². The number of rotatable bonds is 7. The molecule has 1 aromatic heterocycles. The number of anilines is 1. The minimum atomic E-state index is 0.00776. The van der Waals surface area contributed by atoms with Gasteiger partial charge in [0, 0.05) is 31.1 Å². The van der Waals surface area contributed by atoms with Crippen LogP contribution >= 0.6 is 15.9 Å². The summed E-state index contributed by atoms with van der Waals surface area (Å²) >= 11 is 3.39. The van der Waals surface area contributed by atoms with Crippen LogP contribution in [0.5, 0.6) is 0 Å². The molecule has 1 heterocycles. The predicted octanol–water partition coefficient (Wildman–Crippen LogP) is 1.72. The van der Waals surface area contributed by atoms with Crippen LogP contribution in [0.25, 0.3) is 0 Å². The Hall–Kier alpha value is -1.14. The summed E-state index contributed by atoms with van der Waals surface area (Å²) in [5.41, 5.74) is 0.921. The van der Waals surface area contributed by atoms with Crippen LogP contribution in [0.2, 0.25) is 0 Å². The van der Waals surface area contributed by atoms with Gasteiger partial charge in [0.25, 0.3) is 0 Å². The number of carbonyl (C=O) groups excluding carboxylic acids is 1. The van der Waals surface area contributed by atoms with Crippen LogP contribution in [-0.2, 0) is 9.53 Å². The lowest BCUT2D eigenvalue weighted by Crippen LogP contribution is -2.28. The first-order valence-electron chi connectivity index (χ1n) is 5.76. The van der Waals surface area contributed by atoms with Crippen molar-refractivity contribution >= 4 is 27.7 Å². The van der Waals surface area contributed by atoms with Gasteiger partial charge in [-0.1, -0.05) is 0 Å². The normalized spacial score (nSPS) is 10.2. The lowest BCUT2D eigenvalue weighted by molar-refractivity contribution is -0.121.